The van der Waals surface area contributed by atoms with Crippen molar-refractivity contribution < 1.29 is 9.59 Å². The highest BCUT2D eigenvalue weighted by Gasteiger charge is 2.45. The number of Topliss-reactive ketones (excluding diaryl/α,β-unsaturated/α-hetero) is 1. The second-order valence-corrected chi connectivity index (χ2v) is 13.5. The first-order valence-corrected chi connectivity index (χ1v) is 15.1. The number of carbonyl (C=O) groups excluding carboxylic acids is 2. The summed E-state index contributed by atoms with van der Waals surface area (Å²) in [4.78, 5) is 32.1. The number of pyridine rings is 1. The van der Waals surface area contributed by atoms with Crippen LogP contribution in [0.5, 0.6) is 0 Å². The van der Waals surface area contributed by atoms with Gasteiger partial charge in [0.2, 0.25) is 11.0 Å². The number of nitrogens with one attached hydrogen (secondary N) is 1. The number of rotatable bonds is 6. The predicted molar refractivity (Wildman–Crippen MR) is 159 cm³/mol. The highest BCUT2D eigenvalue weighted by atomic mass is 79.9. The Labute approximate surface area is 248 Å². The number of aromatic nitrogens is 3. The number of thioether (sulfide) groups is 1. The van der Waals surface area contributed by atoms with Crippen LogP contribution >= 0.6 is 39.0 Å². The average molecular weight is 637 g/mol. The molecule has 3 aromatic rings. The molecule has 40 heavy (non-hydrogen) atoms. The minimum absolute atomic E-state index is 0.0246. The van der Waals surface area contributed by atoms with Crippen LogP contribution in [0.15, 0.2) is 74.2 Å². The molecule has 0 bridgehead atoms. The van der Waals surface area contributed by atoms with E-state index < -0.39 is 5.92 Å². The van der Waals surface area contributed by atoms with Crippen molar-refractivity contribution in [3.8, 4) is 6.07 Å². The molecule has 1 amide bonds. The molecule has 204 valence electrons. The Balaban J connectivity index is 1.44. The summed E-state index contributed by atoms with van der Waals surface area (Å²) in [5, 5.41) is 22.2. The molecule has 1 aliphatic carbocycles. The van der Waals surface area contributed by atoms with Gasteiger partial charge in [0.05, 0.1) is 29.0 Å². The molecule has 3 N–H and O–H groups in total. The van der Waals surface area contributed by atoms with Gasteiger partial charge < -0.3 is 11.1 Å². The van der Waals surface area contributed by atoms with Gasteiger partial charge in [-0.2, -0.15) is 5.26 Å². The van der Waals surface area contributed by atoms with E-state index in [2.05, 4.69) is 42.5 Å². The monoisotopic (exact) mass is 635 g/mol. The van der Waals surface area contributed by atoms with Crippen molar-refractivity contribution in [3.05, 3.63) is 81.0 Å². The van der Waals surface area contributed by atoms with Crippen molar-refractivity contribution in [2.24, 2.45) is 11.1 Å². The van der Waals surface area contributed by atoms with Gasteiger partial charge in [-0.1, -0.05) is 49.1 Å². The number of nitriles is 1. The zero-order valence-electron chi connectivity index (χ0n) is 22.1. The van der Waals surface area contributed by atoms with Crippen LogP contribution in [0.3, 0.4) is 0 Å². The summed E-state index contributed by atoms with van der Waals surface area (Å²) >= 11 is 5.99. The first kappa shape index (κ1) is 28.0. The van der Waals surface area contributed by atoms with Crippen LogP contribution in [0.1, 0.15) is 43.7 Å². The van der Waals surface area contributed by atoms with Crippen molar-refractivity contribution in [2.75, 3.05) is 16.0 Å². The number of allylic oxidation sites excluding steroid dienone is 3. The number of halogens is 1. The van der Waals surface area contributed by atoms with Crippen LogP contribution in [0.4, 0.5) is 10.8 Å². The van der Waals surface area contributed by atoms with E-state index in [1.807, 2.05) is 45.0 Å². The third-order valence-electron chi connectivity index (χ3n) is 6.71. The van der Waals surface area contributed by atoms with Gasteiger partial charge >= 0.3 is 0 Å². The number of amides is 1. The molecule has 0 saturated carbocycles. The molecule has 5 rings (SSSR count). The van der Waals surface area contributed by atoms with Crippen molar-refractivity contribution in [3.63, 3.8) is 0 Å². The third kappa shape index (κ3) is 5.54. The van der Waals surface area contributed by atoms with E-state index >= 15 is 0 Å². The van der Waals surface area contributed by atoms with Crippen LogP contribution in [-0.4, -0.2) is 32.6 Å². The Kier molecular flexibility index (Phi) is 7.81. The fourth-order valence-electron chi connectivity index (χ4n) is 4.99. The second-order valence-electron chi connectivity index (χ2n) is 10.4. The lowest BCUT2D eigenvalue weighted by Gasteiger charge is -2.42. The van der Waals surface area contributed by atoms with E-state index in [0.717, 1.165) is 21.3 Å². The Bertz CT molecular complexity index is 1610. The van der Waals surface area contributed by atoms with Crippen molar-refractivity contribution >= 4 is 61.5 Å². The Hall–Kier alpha value is -3.53. The van der Waals surface area contributed by atoms with Crippen molar-refractivity contribution in [1.29, 1.82) is 5.26 Å². The molecule has 0 saturated heterocycles. The third-order valence-corrected chi connectivity index (χ3v) is 9.41. The lowest BCUT2D eigenvalue weighted by Crippen LogP contribution is -2.42. The molecular weight excluding hydrogens is 610 g/mol. The molecule has 1 atom stereocenters. The molecule has 0 radical (unpaired) electrons. The van der Waals surface area contributed by atoms with Crippen LogP contribution in [0, 0.1) is 23.7 Å². The fraction of sp³-hybridized carbons (Fsp3) is 0.286. The highest BCUT2D eigenvalue weighted by molar-refractivity contribution is 9.10. The molecule has 1 aromatic carbocycles. The van der Waals surface area contributed by atoms with Crippen molar-refractivity contribution in [1.82, 2.24) is 15.2 Å². The molecule has 1 unspecified atom stereocenters. The summed E-state index contributed by atoms with van der Waals surface area (Å²) in [6, 6.07) is 11.6. The number of anilines is 2. The average Bonchev–Trinajstić information content (AvgIpc) is 3.36. The summed E-state index contributed by atoms with van der Waals surface area (Å²) in [7, 11) is 0. The minimum Gasteiger partial charge on any atom is -0.384 e. The molecular formula is C28H26BrN7O2S2. The predicted octanol–water partition coefficient (Wildman–Crippen LogP) is 5.68. The molecule has 0 spiro atoms. The van der Waals surface area contributed by atoms with E-state index in [-0.39, 0.29) is 34.3 Å². The van der Waals surface area contributed by atoms with E-state index in [0.29, 0.717) is 33.6 Å². The summed E-state index contributed by atoms with van der Waals surface area (Å²) in [5.41, 5.74) is 10.4. The maximum absolute atomic E-state index is 13.6. The number of benzene rings is 1. The topological polar surface area (TPSA) is 138 Å². The SMILES string of the molecule is Cc1ccc(NC(=O)CSc2nnc(N3C(N)=C(C#N)C(c4cccnc4)C4=C3CC(C)(C)CC4=O)s2)c(Br)c1. The highest BCUT2D eigenvalue weighted by Crippen LogP contribution is 2.50. The normalized spacial score (nSPS) is 18.4. The van der Waals surface area contributed by atoms with Crippen LogP contribution in [-0.2, 0) is 9.59 Å². The first-order chi connectivity index (χ1) is 19.1. The van der Waals surface area contributed by atoms with Crippen LogP contribution < -0.4 is 16.0 Å². The summed E-state index contributed by atoms with van der Waals surface area (Å²) in [6.07, 6.45) is 4.25. The number of nitrogens with two attached hydrogens (primary N) is 1. The molecule has 12 heteroatoms. The Morgan fingerprint density at radius 2 is 2.12 bits per heavy atom. The van der Waals surface area contributed by atoms with Gasteiger partial charge in [0.25, 0.3) is 0 Å². The summed E-state index contributed by atoms with van der Waals surface area (Å²) in [6.45, 7) is 6.06. The van der Waals surface area contributed by atoms with Crippen LogP contribution in [0.2, 0.25) is 0 Å². The van der Waals surface area contributed by atoms with Gasteiger partial charge in [-0.25, -0.2) is 0 Å². The number of carbonyl (C=O) groups is 2. The number of hydrogen-bond acceptors (Lipinski definition) is 10. The number of hydrogen-bond donors (Lipinski definition) is 2. The van der Waals surface area contributed by atoms with E-state index in [9.17, 15) is 14.9 Å². The number of nitrogens with zero attached hydrogens (tertiary/aromatic N) is 5. The molecule has 9 nitrogen and oxygen atoms in total. The lowest BCUT2D eigenvalue weighted by atomic mass is 9.69. The first-order valence-electron chi connectivity index (χ1n) is 12.5. The second kappa shape index (κ2) is 11.2. The zero-order chi connectivity index (χ0) is 28.6. The van der Waals surface area contributed by atoms with E-state index in [1.54, 1.807) is 23.4 Å². The molecule has 1 aliphatic heterocycles. The van der Waals surface area contributed by atoms with Gasteiger partial charge in [0.15, 0.2) is 10.1 Å². The van der Waals surface area contributed by atoms with Crippen molar-refractivity contribution in [2.45, 2.75) is 43.9 Å². The van der Waals surface area contributed by atoms with E-state index in [4.69, 9.17) is 5.73 Å². The largest absolute Gasteiger partial charge is 0.384 e. The maximum atomic E-state index is 13.6. The minimum atomic E-state index is -0.597. The summed E-state index contributed by atoms with van der Waals surface area (Å²) < 4.78 is 1.38. The van der Waals surface area contributed by atoms with Gasteiger partial charge in [-0.15, -0.1) is 10.2 Å². The Morgan fingerprint density at radius 3 is 2.83 bits per heavy atom. The molecule has 0 fully saturated rings. The van der Waals surface area contributed by atoms with Crippen LogP contribution in [0.25, 0.3) is 0 Å². The van der Waals surface area contributed by atoms with Gasteiger partial charge in [0, 0.05) is 34.6 Å². The van der Waals surface area contributed by atoms with Gasteiger partial charge in [-0.3, -0.25) is 19.5 Å². The van der Waals surface area contributed by atoms with Gasteiger partial charge in [-0.05, 0) is 64.0 Å². The maximum Gasteiger partial charge on any atom is 0.234 e. The number of ketones is 1. The quantitative estimate of drug-likeness (QED) is 0.328. The standard InChI is InChI=1S/C28H26BrN7O2S2/c1-15-6-7-19(18(29)9-15)33-22(38)14-39-27-35-34-26(40-27)36-20-10-28(2,3)11-21(37)24(20)23(17(12-30)25(36)31)16-5-4-8-32-13-16/h4-9,13,23H,10-11,14,31H2,1-3H3,(H,33,38). The molecule has 2 aliphatic rings. The summed E-state index contributed by atoms with van der Waals surface area (Å²) in [5.74, 6) is -0.454. The lowest BCUT2D eigenvalue weighted by molar-refractivity contribution is -0.118. The van der Waals surface area contributed by atoms with Gasteiger partial charge in [0.1, 0.15) is 5.82 Å². The molecule has 2 aromatic heterocycles. The van der Waals surface area contributed by atoms with E-state index in [1.165, 1.54) is 23.1 Å². The zero-order valence-corrected chi connectivity index (χ0v) is 25.3. The Morgan fingerprint density at radius 1 is 1.32 bits per heavy atom. The molecule has 3 heterocycles. The fourth-order valence-corrected chi connectivity index (χ4v) is 7.27. The smallest absolute Gasteiger partial charge is 0.234 e. The number of aryl methyl sites for hydroxylation is 1.